The van der Waals surface area contributed by atoms with Crippen LogP contribution in [0.2, 0.25) is 0 Å². The highest BCUT2D eigenvalue weighted by Gasteiger charge is 2.88. The van der Waals surface area contributed by atoms with Crippen molar-refractivity contribution < 1.29 is 33.3 Å². The Labute approximate surface area is 171 Å². The van der Waals surface area contributed by atoms with Gasteiger partial charge in [0, 0.05) is 12.5 Å². The number of allylic oxidation sites excluding steroid dienone is 1. The van der Waals surface area contributed by atoms with Crippen molar-refractivity contribution in [2.24, 2.45) is 22.2 Å². The molecule has 29 heavy (non-hydrogen) atoms. The zero-order valence-electron chi connectivity index (χ0n) is 17.7. The van der Waals surface area contributed by atoms with Crippen molar-refractivity contribution in [2.75, 3.05) is 27.4 Å². The molecule has 0 bridgehead atoms. The van der Waals surface area contributed by atoms with Crippen LogP contribution in [0, 0.1) is 22.2 Å². The highest BCUT2D eigenvalue weighted by Crippen LogP contribution is 2.86. The third-order valence-electron chi connectivity index (χ3n) is 7.93. The molecule has 4 atom stereocenters. The summed E-state index contributed by atoms with van der Waals surface area (Å²) in [6.45, 7) is 3.86. The Morgan fingerprint density at radius 1 is 0.966 bits per heavy atom. The lowest BCUT2D eigenvalue weighted by Crippen LogP contribution is -2.42. The van der Waals surface area contributed by atoms with Crippen LogP contribution in [0.15, 0.2) is 11.1 Å². The van der Waals surface area contributed by atoms with E-state index in [4.69, 9.17) is 18.9 Å². The molecule has 0 aromatic carbocycles. The smallest absolute Gasteiger partial charge is 0.324 e. The second-order valence-corrected chi connectivity index (χ2v) is 8.64. The van der Waals surface area contributed by atoms with Gasteiger partial charge in [0.15, 0.2) is 5.41 Å². The predicted molar refractivity (Wildman–Crippen MR) is 102 cm³/mol. The molecule has 0 aromatic rings. The number of rotatable bonds is 6. The Morgan fingerprint density at radius 3 is 2.17 bits per heavy atom. The van der Waals surface area contributed by atoms with Crippen molar-refractivity contribution in [3.63, 3.8) is 0 Å². The molecule has 4 aliphatic carbocycles. The second kappa shape index (κ2) is 6.83. The van der Waals surface area contributed by atoms with Gasteiger partial charge in [0.2, 0.25) is 0 Å². The fourth-order valence-electron chi connectivity index (χ4n) is 7.03. The van der Waals surface area contributed by atoms with E-state index in [-0.39, 0.29) is 37.6 Å². The van der Waals surface area contributed by atoms with E-state index < -0.39 is 28.2 Å². The topological polar surface area (TPSA) is 88.1 Å². The monoisotopic (exact) mass is 406 g/mol. The van der Waals surface area contributed by atoms with Crippen molar-refractivity contribution in [3.8, 4) is 0 Å². The molecule has 4 rings (SSSR count). The summed E-state index contributed by atoms with van der Waals surface area (Å²) in [6.07, 6.45) is 3.54. The van der Waals surface area contributed by atoms with Gasteiger partial charge in [-0.1, -0.05) is 11.1 Å². The van der Waals surface area contributed by atoms with Crippen molar-refractivity contribution in [3.05, 3.63) is 11.1 Å². The van der Waals surface area contributed by atoms with Crippen molar-refractivity contribution in [2.45, 2.75) is 58.5 Å². The third kappa shape index (κ3) is 2.25. The van der Waals surface area contributed by atoms with E-state index in [0.29, 0.717) is 19.3 Å². The standard InChI is InChI=1S/C22H30O7/c1-5-28-17(23)20(18(24)29-6-2)11-13-9-10-21(19(25)27-4)15-7-8-16(26-3)22(15,21)14(13)12-20/h15-16H,5-12H2,1-4H3/t15-,16+,21-,22+/m0/s1. The normalized spacial score (nSPS) is 36.0. The van der Waals surface area contributed by atoms with Crippen LogP contribution in [-0.2, 0) is 33.3 Å². The van der Waals surface area contributed by atoms with Crippen LogP contribution in [-0.4, -0.2) is 51.4 Å². The first-order valence-corrected chi connectivity index (χ1v) is 10.6. The molecule has 0 N–H and O–H groups in total. The van der Waals surface area contributed by atoms with Gasteiger partial charge in [0.1, 0.15) is 0 Å². The minimum absolute atomic E-state index is 0.114. The maximum atomic E-state index is 13.0. The van der Waals surface area contributed by atoms with Gasteiger partial charge in [-0.2, -0.15) is 0 Å². The van der Waals surface area contributed by atoms with E-state index in [1.807, 2.05) is 0 Å². The first kappa shape index (κ1) is 20.4. The maximum Gasteiger partial charge on any atom is 0.324 e. The van der Waals surface area contributed by atoms with E-state index in [1.54, 1.807) is 21.0 Å². The van der Waals surface area contributed by atoms with E-state index in [1.165, 1.54) is 7.11 Å². The summed E-state index contributed by atoms with van der Waals surface area (Å²) >= 11 is 0. The van der Waals surface area contributed by atoms with Gasteiger partial charge in [0.05, 0.1) is 31.8 Å². The zero-order valence-corrected chi connectivity index (χ0v) is 17.7. The van der Waals surface area contributed by atoms with Crippen LogP contribution in [0.4, 0.5) is 0 Å². The molecule has 0 unspecified atom stereocenters. The Kier molecular flexibility index (Phi) is 4.80. The van der Waals surface area contributed by atoms with E-state index in [9.17, 15) is 14.4 Å². The number of hydrogen-bond acceptors (Lipinski definition) is 7. The first-order valence-electron chi connectivity index (χ1n) is 10.6. The van der Waals surface area contributed by atoms with Gasteiger partial charge in [0.25, 0.3) is 0 Å². The molecule has 2 saturated carbocycles. The zero-order chi connectivity index (χ0) is 21.0. The summed E-state index contributed by atoms with van der Waals surface area (Å²) < 4.78 is 21.7. The summed E-state index contributed by atoms with van der Waals surface area (Å²) in [5, 5.41) is 0. The Balaban J connectivity index is 1.78. The molecule has 4 aliphatic rings. The van der Waals surface area contributed by atoms with Crippen LogP contribution < -0.4 is 0 Å². The lowest BCUT2D eigenvalue weighted by Gasteiger charge is -2.35. The van der Waals surface area contributed by atoms with Gasteiger partial charge < -0.3 is 18.9 Å². The molecule has 0 heterocycles. The summed E-state index contributed by atoms with van der Waals surface area (Å²) in [5.41, 5.74) is -0.282. The van der Waals surface area contributed by atoms with Crippen LogP contribution >= 0.6 is 0 Å². The van der Waals surface area contributed by atoms with Gasteiger partial charge >= 0.3 is 17.9 Å². The average Bonchev–Trinajstić information content (AvgIpc) is 3.00. The van der Waals surface area contributed by atoms with Crippen LogP contribution in [0.1, 0.15) is 52.4 Å². The number of hydrogen-bond donors (Lipinski definition) is 0. The Morgan fingerprint density at radius 2 is 1.62 bits per heavy atom. The highest BCUT2D eigenvalue weighted by molar-refractivity contribution is 6.02. The number of fused-ring (bicyclic) bond motifs is 1. The van der Waals surface area contributed by atoms with Gasteiger partial charge in [-0.3, -0.25) is 14.4 Å². The molecule has 7 heteroatoms. The molecule has 0 aliphatic heterocycles. The number of ether oxygens (including phenoxy) is 4. The minimum Gasteiger partial charge on any atom is -0.469 e. The van der Waals surface area contributed by atoms with Crippen LogP contribution in [0.3, 0.4) is 0 Å². The van der Waals surface area contributed by atoms with Crippen LogP contribution in [0.25, 0.3) is 0 Å². The quantitative estimate of drug-likeness (QED) is 0.290. The molecule has 0 amide bonds. The maximum absolute atomic E-state index is 13.0. The molecule has 2 fully saturated rings. The molecule has 160 valence electrons. The first-order chi connectivity index (χ1) is 13.9. The van der Waals surface area contributed by atoms with E-state index in [2.05, 4.69) is 0 Å². The summed E-state index contributed by atoms with van der Waals surface area (Å²) in [5.74, 6) is -1.12. The lowest BCUT2D eigenvalue weighted by atomic mass is 9.72. The van der Waals surface area contributed by atoms with Crippen molar-refractivity contribution in [1.29, 1.82) is 0 Å². The predicted octanol–water partition coefficient (Wildman–Crippen LogP) is 2.57. The SMILES string of the molecule is CCOC(=O)C1(C(=O)OCC)CC2=C(C1)[C@@]13[C@@H](CC[C@H]1OC)[C@]3(C(=O)OC)CC2. The largest absolute Gasteiger partial charge is 0.469 e. The molecule has 1 spiro atoms. The Bertz CT molecular complexity index is 766. The molecule has 0 radical (unpaired) electrons. The van der Waals surface area contributed by atoms with Crippen molar-refractivity contribution >= 4 is 17.9 Å². The average molecular weight is 406 g/mol. The fraction of sp³-hybridized carbons (Fsp3) is 0.773. The lowest BCUT2D eigenvalue weighted by molar-refractivity contribution is -0.171. The van der Waals surface area contributed by atoms with Gasteiger partial charge in [-0.25, -0.2) is 0 Å². The molecule has 7 nitrogen and oxygen atoms in total. The molecule has 0 saturated heterocycles. The number of carbonyl (C=O) groups excluding carboxylic acids is 3. The number of methoxy groups -OCH3 is 2. The van der Waals surface area contributed by atoms with Gasteiger partial charge in [-0.15, -0.1) is 0 Å². The molecule has 0 aromatic heterocycles. The summed E-state index contributed by atoms with van der Waals surface area (Å²) in [6, 6.07) is 0. The van der Waals surface area contributed by atoms with Crippen molar-refractivity contribution in [1.82, 2.24) is 0 Å². The van der Waals surface area contributed by atoms with E-state index in [0.717, 1.165) is 24.0 Å². The minimum atomic E-state index is -1.36. The highest BCUT2D eigenvalue weighted by atomic mass is 16.6. The summed E-state index contributed by atoms with van der Waals surface area (Å²) in [4.78, 5) is 38.9. The van der Waals surface area contributed by atoms with Gasteiger partial charge in [-0.05, 0) is 58.3 Å². The number of esters is 3. The summed E-state index contributed by atoms with van der Waals surface area (Å²) in [7, 11) is 3.11. The van der Waals surface area contributed by atoms with E-state index >= 15 is 0 Å². The molecular formula is C22H30O7. The fourth-order valence-corrected chi connectivity index (χ4v) is 7.03. The molecular weight excluding hydrogens is 376 g/mol. The second-order valence-electron chi connectivity index (χ2n) is 8.64. The van der Waals surface area contributed by atoms with Crippen LogP contribution in [0.5, 0.6) is 0 Å². The third-order valence-corrected chi connectivity index (χ3v) is 7.93. The number of carbonyl (C=O) groups is 3. The Hall–Kier alpha value is -1.89.